The molecule has 0 aliphatic heterocycles. The Hall–Kier alpha value is -0.820. The van der Waals surface area contributed by atoms with Gasteiger partial charge >= 0.3 is 0 Å². The molecule has 26 heavy (non-hydrogen) atoms. The van der Waals surface area contributed by atoms with E-state index < -0.39 is 0 Å². The highest BCUT2D eigenvalue weighted by atomic mass is 16.3. The Morgan fingerprint density at radius 1 is 1.04 bits per heavy atom. The predicted octanol–water partition coefficient (Wildman–Crippen LogP) is 7.33. The second-order valence-corrected chi connectivity index (χ2v) is 7.93. The van der Waals surface area contributed by atoms with Gasteiger partial charge in [-0.2, -0.15) is 0 Å². The van der Waals surface area contributed by atoms with Crippen LogP contribution >= 0.6 is 0 Å². The van der Waals surface area contributed by atoms with Gasteiger partial charge in [0.15, 0.2) is 0 Å². The number of rotatable bonds is 1. The Morgan fingerprint density at radius 3 is 2.38 bits per heavy atom. The molecule has 150 valence electrons. The standard InChI is InChI=1S/C19H28O.2C2H6.C2H4/c1-13-4-6-15-14(11-13)5-7-17-16(15)8-10-19(12-20)9-2-3-18(17)19;3*1-2/h4,11,15-18,20H,2-3,5-10,12H2,1H3;2*1-2H3;1-2H2/t15?,16?,17?,18?,19-;;;/m0.../s1. The third-order valence-corrected chi connectivity index (χ3v) is 7.20. The van der Waals surface area contributed by atoms with E-state index in [1.165, 1.54) is 56.9 Å². The Bertz CT molecular complexity index is 475. The molecule has 3 fully saturated rings. The molecule has 4 rings (SSSR count). The zero-order valence-electron chi connectivity index (χ0n) is 18.2. The molecular weight excluding hydrogens is 316 g/mol. The minimum atomic E-state index is 0.322. The van der Waals surface area contributed by atoms with Crippen LogP contribution in [0.1, 0.15) is 86.0 Å². The lowest BCUT2D eigenvalue weighted by Crippen LogP contribution is -2.46. The molecule has 4 aliphatic carbocycles. The van der Waals surface area contributed by atoms with E-state index in [1.807, 2.05) is 27.7 Å². The summed E-state index contributed by atoms with van der Waals surface area (Å²) in [7, 11) is 0. The van der Waals surface area contributed by atoms with Crippen molar-refractivity contribution in [3.05, 3.63) is 36.5 Å². The van der Waals surface area contributed by atoms with E-state index in [2.05, 4.69) is 32.2 Å². The van der Waals surface area contributed by atoms with Crippen LogP contribution in [-0.4, -0.2) is 11.7 Å². The number of aliphatic hydroxyl groups excluding tert-OH is 1. The van der Waals surface area contributed by atoms with Crippen molar-refractivity contribution >= 4 is 0 Å². The summed E-state index contributed by atoms with van der Waals surface area (Å²) in [6.45, 7) is 16.7. The highest BCUT2D eigenvalue weighted by Crippen LogP contribution is 2.61. The van der Waals surface area contributed by atoms with Crippen LogP contribution in [0.3, 0.4) is 0 Å². The van der Waals surface area contributed by atoms with Crippen LogP contribution in [0.15, 0.2) is 36.5 Å². The molecule has 0 aromatic rings. The summed E-state index contributed by atoms with van der Waals surface area (Å²) in [5, 5.41) is 9.99. The van der Waals surface area contributed by atoms with Crippen LogP contribution in [0.25, 0.3) is 0 Å². The maximum Gasteiger partial charge on any atom is 0.0490 e. The summed E-state index contributed by atoms with van der Waals surface area (Å²) in [4.78, 5) is 0. The molecule has 1 N–H and O–H groups in total. The van der Waals surface area contributed by atoms with Gasteiger partial charge in [-0.05, 0) is 81.0 Å². The number of hydrogen-bond donors (Lipinski definition) is 1. The van der Waals surface area contributed by atoms with Gasteiger partial charge in [0, 0.05) is 6.61 Å². The molecule has 0 radical (unpaired) electrons. The fourth-order valence-corrected chi connectivity index (χ4v) is 6.26. The van der Waals surface area contributed by atoms with Gasteiger partial charge in [0.1, 0.15) is 0 Å². The molecule has 5 atom stereocenters. The summed E-state index contributed by atoms with van der Waals surface area (Å²) in [6.07, 6.45) is 15.7. The number of aliphatic hydroxyl groups is 1. The van der Waals surface area contributed by atoms with E-state index in [1.54, 1.807) is 5.57 Å². The molecular formula is C25H44O. The lowest BCUT2D eigenvalue weighted by molar-refractivity contribution is -0.0398. The quantitative estimate of drug-likeness (QED) is 0.485. The highest BCUT2D eigenvalue weighted by molar-refractivity contribution is 5.31. The second kappa shape index (κ2) is 11.1. The number of allylic oxidation sites excluding steroid dienone is 4. The first-order valence-corrected chi connectivity index (χ1v) is 11.2. The summed E-state index contributed by atoms with van der Waals surface area (Å²) < 4.78 is 0. The van der Waals surface area contributed by atoms with E-state index in [0.717, 1.165) is 23.7 Å². The van der Waals surface area contributed by atoms with Gasteiger partial charge in [0.2, 0.25) is 0 Å². The van der Waals surface area contributed by atoms with Crippen molar-refractivity contribution < 1.29 is 5.11 Å². The van der Waals surface area contributed by atoms with E-state index in [4.69, 9.17) is 0 Å². The minimum Gasteiger partial charge on any atom is -0.396 e. The first-order chi connectivity index (χ1) is 12.7. The molecule has 0 aromatic heterocycles. The summed E-state index contributed by atoms with van der Waals surface area (Å²) >= 11 is 0. The molecule has 1 heteroatoms. The monoisotopic (exact) mass is 360 g/mol. The molecule has 4 aliphatic rings. The van der Waals surface area contributed by atoms with Crippen molar-refractivity contribution in [1.82, 2.24) is 0 Å². The Morgan fingerprint density at radius 2 is 1.73 bits per heavy atom. The Labute approximate surface area is 163 Å². The van der Waals surface area contributed by atoms with E-state index in [9.17, 15) is 5.11 Å². The number of hydrogen-bond acceptors (Lipinski definition) is 1. The molecule has 4 unspecified atom stereocenters. The van der Waals surface area contributed by atoms with Crippen molar-refractivity contribution in [2.45, 2.75) is 86.0 Å². The lowest BCUT2D eigenvalue weighted by atomic mass is 9.52. The fourth-order valence-electron chi connectivity index (χ4n) is 6.26. The van der Waals surface area contributed by atoms with Crippen molar-refractivity contribution in [2.75, 3.05) is 6.61 Å². The van der Waals surface area contributed by atoms with Gasteiger partial charge in [-0.3, -0.25) is 0 Å². The molecule has 0 spiro atoms. The van der Waals surface area contributed by atoms with Crippen LogP contribution in [-0.2, 0) is 0 Å². The number of fused-ring (bicyclic) bond motifs is 5. The molecule has 0 heterocycles. The van der Waals surface area contributed by atoms with Crippen LogP contribution in [0, 0.1) is 29.1 Å². The molecule has 0 bridgehead atoms. The highest BCUT2D eigenvalue weighted by Gasteiger charge is 2.53. The predicted molar refractivity (Wildman–Crippen MR) is 116 cm³/mol. The van der Waals surface area contributed by atoms with Crippen molar-refractivity contribution in [1.29, 1.82) is 0 Å². The van der Waals surface area contributed by atoms with Gasteiger partial charge in [-0.15, -0.1) is 13.2 Å². The lowest BCUT2D eigenvalue weighted by Gasteiger charge is -2.53. The third-order valence-electron chi connectivity index (χ3n) is 7.20. The third kappa shape index (κ3) is 4.35. The van der Waals surface area contributed by atoms with Crippen LogP contribution in [0.5, 0.6) is 0 Å². The molecule has 0 amide bonds. The van der Waals surface area contributed by atoms with Gasteiger partial charge in [0.25, 0.3) is 0 Å². The Kier molecular flexibility index (Phi) is 9.93. The van der Waals surface area contributed by atoms with E-state index in [0.29, 0.717) is 12.0 Å². The summed E-state index contributed by atoms with van der Waals surface area (Å²) in [5.41, 5.74) is 3.56. The van der Waals surface area contributed by atoms with Gasteiger partial charge in [-0.1, -0.05) is 57.4 Å². The van der Waals surface area contributed by atoms with Crippen LogP contribution < -0.4 is 0 Å². The average molecular weight is 361 g/mol. The average Bonchev–Trinajstić information content (AvgIpc) is 3.17. The van der Waals surface area contributed by atoms with Crippen molar-refractivity contribution in [3.8, 4) is 0 Å². The normalized spacial score (nSPS) is 36.7. The first-order valence-electron chi connectivity index (χ1n) is 11.2. The summed E-state index contributed by atoms with van der Waals surface area (Å²) in [6, 6.07) is 0. The smallest absolute Gasteiger partial charge is 0.0490 e. The molecule has 0 saturated heterocycles. The maximum absolute atomic E-state index is 9.99. The van der Waals surface area contributed by atoms with Crippen molar-refractivity contribution in [3.63, 3.8) is 0 Å². The first kappa shape index (κ1) is 23.2. The zero-order chi connectivity index (χ0) is 19.7. The SMILES string of the molecule is C=C.CC.CC.CC1=CCC2C(=C1)CCC1C2CC[C@]2(CO)CCCC12. The van der Waals surface area contributed by atoms with Gasteiger partial charge < -0.3 is 5.11 Å². The van der Waals surface area contributed by atoms with Crippen LogP contribution in [0.2, 0.25) is 0 Å². The topological polar surface area (TPSA) is 20.2 Å². The van der Waals surface area contributed by atoms with Gasteiger partial charge in [-0.25, -0.2) is 0 Å². The molecule has 1 nitrogen and oxygen atoms in total. The van der Waals surface area contributed by atoms with E-state index >= 15 is 0 Å². The molecule has 3 saturated carbocycles. The zero-order valence-corrected chi connectivity index (χ0v) is 18.2. The van der Waals surface area contributed by atoms with Crippen molar-refractivity contribution in [2.24, 2.45) is 29.1 Å². The summed E-state index contributed by atoms with van der Waals surface area (Å²) in [5.74, 6) is 3.50. The van der Waals surface area contributed by atoms with E-state index in [-0.39, 0.29) is 0 Å². The van der Waals surface area contributed by atoms with Crippen LogP contribution in [0.4, 0.5) is 0 Å². The Balaban J connectivity index is 0.000000515. The second-order valence-electron chi connectivity index (χ2n) is 7.93. The largest absolute Gasteiger partial charge is 0.396 e. The molecule has 0 aromatic carbocycles. The maximum atomic E-state index is 9.99. The van der Waals surface area contributed by atoms with Gasteiger partial charge in [0.05, 0.1) is 0 Å². The fraction of sp³-hybridized carbons (Fsp3) is 0.760. The minimum absolute atomic E-state index is 0.322.